The Balaban J connectivity index is 2.57. The molecule has 2 aromatic rings. The molecule has 0 bridgehead atoms. The third kappa shape index (κ3) is 2.31. The first kappa shape index (κ1) is 12.1. The Morgan fingerprint density at radius 3 is 2.88 bits per heavy atom. The van der Waals surface area contributed by atoms with E-state index in [-0.39, 0.29) is 0 Å². The highest BCUT2D eigenvalue weighted by atomic mass is 79.9. The number of hydrogen-bond acceptors (Lipinski definition) is 2. The molecule has 86 valence electrons. The summed E-state index contributed by atoms with van der Waals surface area (Å²) in [5.41, 5.74) is 1.53. The van der Waals surface area contributed by atoms with Gasteiger partial charge in [0.05, 0.1) is 0 Å². The molecule has 1 aromatic carbocycles. The third-order valence-corrected chi connectivity index (χ3v) is 4.38. The number of halogens is 1. The topological polar surface area (TPSA) is 12.0 Å². The summed E-state index contributed by atoms with van der Waals surface area (Å²) in [5, 5.41) is 4.68. The first-order valence-corrected chi connectivity index (χ1v) is 7.21. The van der Waals surface area contributed by atoms with Gasteiger partial charge in [-0.3, -0.25) is 0 Å². The van der Waals surface area contributed by atoms with Crippen LogP contribution in [0.3, 0.4) is 0 Å². The summed E-state index contributed by atoms with van der Waals surface area (Å²) in [6.45, 7) is 3.22. The number of fused-ring (bicyclic) bond motifs is 1. The molecule has 0 aliphatic carbocycles. The average molecular weight is 298 g/mol. The number of rotatable bonds is 4. The zero-order valence-electron chi connectivity index (χ0n) is 9.64. The smallest absolute Gasteiger partial charge is 0.0349 e. The van der Waals surface area contributed by atoms with Crippen molar-refractivity contribution >= 4 is 37.4 Å². The molecule has 0 radical (unpaired) electrons. The predicted molar refractivity (Wildman–Crippen MR) is 76.3 cm³/mol. The van der Waals surface area contributed by atoms with Crippen molar-refractivity contribution < 1.29 is 0 Å². The van der Waals surface area contributed by atoms with E-state index >= 15 is 0 Å². The van der Waals surface area contributed by atoms with Crippen molar-refractivity contribution in [2.24, 2.45) is 0 Å². The summed E-state index contributed by atoms with van der Waals surface area (Å²) in [6, 6.07) is 6.58. The highest BCUT2D eigenvalue weighted by Gasteiger charge is 2.10. The summed E-state index contributed by atoms with van der Waals surface area (Å²) in [7, 11) is 2.01. The van der Waals surface area contributed by atoms with E-state index in [1.165, 1.54) is 37.8 Å². The van der Waals surface area contributed by atoms with Crippen LogP contribution in [0.4, 0.5) is 0 Å². The highest BCUT2D eigenvalue weighted by Crippen LogP contribution is 2.34. The number of nitrogens with one attached hydrogen (secondary N) is 1. The molecule has 1 aromatic heterocycles. The van der Waals surface area contributed by atoms with Gasteiger partial charge in [-0.1, -0.05) is 29.3 Å². The molecule has 0 amide bonds. The fourth-order valence-corrected chi connectivity index (χ4v) is 3.61. The maximum absolute atomic E-state index is 3.55. The molecular formula is C13H16BrNS. The van der Waals surface area contributed by atoms with Crippen LogP contribution < -0.4 is 5.32 Å². The summed E-state index contributed by atoms with van der Waals surface area (Å²) < 4.78 is 2.57. The fraction of sp³-hybridized carbons (Fsp3) is 0.385. The van der Waals surface area contributed by atoms with E-state index in [0.717, 1.165) is 6.54 Å². The first-order chi connectivity index (χ1) is 7.76. The van der Waals surface area contributed by atoms with Gasteiger partial charge in [-0.05, 0) is 42.6 Å². The van der Waals surface area contributed by atoms with Crippen LogP contribution in [0.2, 0.25) is 0 Å². The van der Waals surface area contributed by atoms with Crippen LogP contribution in [0, 0.1) is 0 Å². The molecule has 0 aliphatic rings. The van der Waals surface area contributed by atoms with Gasteiger partial charge in [0, 0.05) is 20.6 Å². The van der Waals surface area contributed by atoms with Gasteiger partial charge >= 0.3 is 0 Å². The highest BCUT2D eigenvalue weighted by molar-refractivity contribution is 9.10. The van der Waals surface area contributed by atoms with E-state index < -0.39 is 0 Å². The van der Waals surface area contributed by atoms with E-state index in [1.54, 1.807) is 0 Å². The zero-order chi connectivity index (χ0) is 11.5. The van der Waals surface area contributed by atoms with E-state index in [9.17, 15) is 0 Å². The van der Waals surface area contributed by atoms with Crippen molar-refractivity contribution in [3.63, 3.8) is 0 Å². The summed E-state index contributed by atoms with van der Waals surface area (Å²) in [6.07, 6.45) is 2.38. The number of aryl methyl sites for hydroxylation is 1. The molecule has 0 unspecified atom stereocenters. The Morgan fingerprint density at radius 1 is 1.38 bits per heavy atom. The fourth-order valence-electron chi connectivity index (χ4n) is 2.00. The molecule has 0 fully saturated rings. The average Bonchev–Trinajstić information content (AvgIpc) is 2.58. The van der Waals surface area contributed by atoms with E-state index in [1.807, 2.05) is 18.4 Å². The lowest BCUT2D eigenvalue weighted by Gasteiger charge is -2.02. The van der Waals surface area contributed by atoms with Gasteiger partial charge < -0.3 is 5.32 Å². The molecular weight excluding hydrogens is 282 g/mol. The maximum Gasteiger partial charge on any atom is 0.0349 e. The van der Waals surface area contributed by atoms with Gasteiger partial charge in [0.2, 0.25) is 0 Å². The van der Waals surface area contributed by atoms with Gasteiger partial charge in [-0.25, -0.2) is 0 Å². The van der Waals surface area contributed by atoms with Crippen LogP contribution in [0.25, 0.3) is 10.1 Å². The SMILES string of the molecule is CCCc1c(CNC)sc2ccc(Br)cc12. The lowest BCUT2D eigenvalue weighted by molar-refractivity contribution is 0.812. The van der Waals surface area contributed by atoms with Crippen molar-refractivity contribution in [3.05, 3.63) is 33.1 Å². The Hall–Kier alpha value is -0.380. The lowest BCUT2D eigenvalue weighted by atomic mass is 10.1. The van der Waals surface area contributed by atoms with E-state index in [0.29, 0.717) is 0 Å². The first-order valence-electron chi connectivity index (χ1n) is 5.60. The number of hydrogen-bond donors (Lipinski definition) is 1. The van der Waals surface area contributed by atoms with Crippen molar-refractivity contribution in [1.82, 2.24) is 5.32 Å². The minimum absolute atomic E-state index is 0.978. The van der Waals surface area contributed by atoms with Gasteiger partial charge in [0.15, 0.2) is 0 Å². The lowest BCUT2D eigenvalue weighted by Crippen LogP contribution is -2.05. The molecule has 2 rings (SSSR count). The van der Waals surface area contributed by atoms with Gasteiger partial charge in [0.25, 0.3) is 0 Å². The second-order valence-corrected chi connectivity index (χ2v) is 5.98. The van der Waals surface area contributed by atoms with E-state index in [4.69, 9.17) is 0 Å². The summed E-state index contributed by atoms with van der Waals surface area (Å²) in [4.78, 5) is 1.48. The Morgan fingerprint density at radius 2 is 2.19 bits per heavy atom. The molecule has 0 aliphatic heterocycles. The molecule has 3 heteroatoms. The molecule has 0 atom stereocenters. The van der Waals surface area contributed by atoms with Crippen LogP contribution >= 0.6 is 27.3 Å². The monoisotopic (exact) mass is 297 g/mol. The van der Waals surface area contributed by atoms with E-state index in [2.05, 4.69) is 46.4 Å². The predicted octanol–water partition coefficient (Wildman–Crippen LogP) is 4.34. The van der Waals surface area contributed by atoms with Crippen molar-refractivity contribution in [1.29, 1.82) is 0 Å². The van der Waals surface area contributed by atoms with Gasteiger partial charge in [-0.15, -0.1) is 11.3 Å². The maximum atomic E-state index is 3.55. The third-order valence-electron chi connectivity index (χ3n) is 2.67. The minimum atomic E-state index is 0.978. The van der Waals surface area contributed by atoms with Crippen LogP contribution in [-0.2, 0) is 13.0 Å². The molecule has 0 spiro atoms. The van der Waals surface area contributed by atoms with Crippen LogP contribution in [0.1, 0.15) is 23.8 Å². The normalized spacial score (nSPS) is 11.2. The standard InChI is InChI=1S/C13H16BrNS/c1-3-4-10-11-7-9(14)5-6-12(11)16-13(10)8-15-2/h5-7,15H,3-4,8H2,1-2H3. The Bertz CT molecular complexity index is 490. The Labute approximate surface area is 109 Å². The molecule has 1 N–H and O–H groups in total. The van der Waals surface area contributed by atoms with Crippen molar-refractivity contribution in [2.75, 3.05) is 7.05 Å². The second kappa shape index (κ2) is 5.30. The molecule has 16 heavy (non-hydrogen) atoms. The minimum Gasteiger partial charge on any atom is -0.315 e. The van der Waals surface area contributed by atoms with Gasteiger partial charge in [-0.2, -0.15) is 0 Å². The van der Waals surface area contributed by atoms with Crippen molar-refractivity contribution in [2.45, 2.75) is 26.3 Å². The summed E-state index contributed by atoms with van der Waals surface area (Å²) in [5.74, 6) is 0. The molecule has 1 heterocycles. The largest absolute Gasteiger partial charge is 0.315 e. The molecule has 0 saturated carbocycles. The number of benzene rings is 1. The molecule has 1 nitrogen and oxygen atoms in total. The van der Waals surface area contributed by atoms with Crippen LogP contribution in [0.5, 0.6) is 0 Å². The zero-order valence-corrected chi connectivity index (χ0v) is 12.0. The van der Waals surface area contributed by atoms with Crippen LogP contribution in [0.15, 0.2) is 22.7 Å². The second-order valence-electron chi connectivity index (χ2n) is 3.92. The quantitative estimate of drug-likeness (QED) is 0.885. The van der Waals surface area contributed by atoms with Crippen molar-refractivity contribution in [3.8, 4) is 0 Å². The number of thiophene rings is 1. The van der Waals surface area contributed by atoms with Gasteiger partial charge in [0.1, 0.15) is 0 Å². The summed E-state index contributed by atoms with van der Waals surface area (Å²) >= 11 is 5.47. The van der Waals surface area contributed by atoms with Crippen LogP contribution in [-0.4, -0.2) is 7.05 Å². The molecule has 0 saturated heterocycles. The Kier molecular flexibility index (Phi) is 4.00.